The number of aromatic nitrogens is 1. The fraction of sp³-hybridized carbons (Fsp3) is 0.538. The maximum atomic E-state index is 13.0. The fourth-order valence-corrected chi connectivity index (χ4v) is 3.11. The summed E-state index contributed by atoms with van der Waals surface area (Å²) in [5, 5.41) is 2.88. The van der Waals surface area contributed by atoms with Gasteiger partial charge in [0.25, 0.3) is 5.91 Å². The van der Waals surface area contributed by atoms with Crippen LogP contribution in [-0.2, 0) is 0 Å². The fourth-order valence-electron chi connectivity index (χ4n) is 2.96. The molecule has 1 amide bonds. The van der Waals surface area contributed by atoms with Gasteiger partial charge in [-0.25, -0.2) is 9.37 Å². The average Bonchev–Trinajstić information content (AvgIpc) is 2.72. The number of carbonyl (C=O) groups excluding carboxylic acids is 1. The third-order valence-corrected chi connectivity index (χ3v) is 4.13. The molecule has 2 aliphatic rings. The largest absolute Gasteiger partial charge is 0.347 e. The van der Waals surface area contributed by atoms with Gasteiger partial charge in [-0.3, -0.25) is 4.79 Å². The summed E-state index contributed by atoms with van der Waals surface area (Å²) in [5.41, 5.74) is 0.166. The van der Waals surface area contributed by atoms with E-state index >= 15 is 0 Å². The monoisotopic (exact) mass is 283 g/mol. The van der Waals surface area contributed by atoms with Crippen LogP contribution in [-0.4, -0.2) is 41.5 Å². The first-order chi connectivity index (χ1) is 9.11. The molecule has 0 saturated carbocycles. The second-order valence-corrected chi connectivity index (χ2v) is 5.71. The summed E-state index contributed by atoms with van der Waals surface area (Å²) < 4.78 is 13.0. The van der Waals surface area contributed by atoms with Gasteiger partial charge >= 0.3 is 0 Å². The van der Waals surface area contributed by atoms with E-state index in [0.717, 1.165) is 32.3 Å². The number of hydrogen-bond acceptors (Lipinski definition) is 3. The number of amides is 1. The van der Waals surface area contributed by atoms with Crippen LogP contribution in [0.4, 0.5) is 4.39 Å². The number of hydrogen-bond donors (Lipinski definition) is 1. The molecule has 3 heterocycles. The molecule has 4 nitrogen and oxygen atoms in total. The minimum atomic E-state index is -0.611. The van der Waals surface area contributed by atoms with Crippen molar-refractivity contribution in [2.75, 3.05) is 19.6 Å². The van der Waals surface area contributed by atoms with Crippen molar-refractivity contribution in [1.82, 2.24) is 15.2 Å². The smallest absolute Gasteiger partial charge is 0.270 e. The lowest BCUT2D eigenvalue weighted by molar-refractivity contribution is 0.0904. The Kier molecular flexibility index (Phi) is 3.41. The maximum absolute atomic E-state index is 13.0. The average molecular weight is 284 g/mol. The highest BCUT2D eigenvalue weighted by Gasteiger charge is 2.33. The standard InChI is InChI=1S/C13H15ClFN3O/c14-10-4-12(16-5-11(10)15)13(19)17-9-3-8-1-2-18(6-8)7-9/h4-5,8-9H,1-3,6-7H2,(H,17,19). The van der Waals surface area contributed by atoms with Gasteiger partial charge in [0.2, 0.25) is 0 Å². The van der Waals surface area contributed by atoms with Gasteiger partial charge in [-0.05, 0) is 31.4 Å². The highest BCUT2D eigenvalue weighted by Crippen LogP contribution is 2.26. The van der Waals surface area contributed by atoms with E-state index in [1.54, 1.807) is 0 Å². The molecule has 102 valence electrons. The van der Waals surface area contributed by atoms with Crippen molar-refractivity contribution in [3.63, 3.8) is 0 Å². The summed E-state index contributed by atoms with van der Waals surface area (Å²) in [6, 6.07) is 1.42. The van der Waals surface area contributed by atoms with Crippen molar-refractivity contribution in [3.05, 3.63) is 28.8 Å². The van der Waals surface area contributed by atoms with E-state index in [-0.39, 0.29) is 22.7 Å². The van der Waals surface area contributed by atoms with Gasteiger partial charge in [0, 0.05) is 19.1 Å². The second-order valence-electron chi connectivity index (χ2n) is 5.30. The van der Waals surface area contributed by atoms with Crippen LogP contribution in [0.5, 0.6) is 0 Å². The van der Waals surface area contributed by atoms with E-state index in [1.807, 2.05) is 0 Å². The Labute approximate surface area is 115 Å². The number of carbonyl (C=O) groups is 1. The first kappa shape index (κ1) is 12.8. The van der Waals surface area contributed by atoms with Gasteiger partial charge in [0.05, 0.1) is 11.2 Å². The molecule has 2 saturated heterocycles. The lowest BCUT2D eigenvalue weighted by Gasteiger charge is -2.30. The Hall–Kier alpha value is -1.20. The number of pyridine rings is 1. The van der Waals surface area contributed by atoms with Crippen molar-refractivity contribution < 1.29 is 9.18 Å². The van der Waals surface area contributed by atoms with E-state index in [9.17, 15) is 9.18 Å². The molecule has 3 unspecified atom stereocenters. The normalized spacial score (nSPS) is 29.3. The predicted molar refractivity (Wildman–Crippen MR) is 69.6 cm³/mol. The Balaban J connectivity index is 1.66. The van der Waals surface area contributed by atoms with E-state index in [1.165, 1.54) is 12.5 Å². The number of halogens is 2. The third kappa shape index (κ3) is 2.72. The van der Waals surface area contributed by atoms with Gasteiger partial charge in [-0.2, -0.15) is 0 Å². The van der Waals surface area contributed by atoms with Crippen molar-refractivity contribution in [2.45, 2.75) is 18.9 Å². The van der Waals surface area contributed by atoms with Gasteiger partial charge in [0.15, 0.2) is 5.82 Å². The molecule has 0 aromatic carbocycles. The molecular weight excluding hydrogens is 269 g/mol. The molecule has 19 heavy (non-hydrogen) atoms. The molecule has 1 aromatic heterocycles. The van der Waals surface area contributed by atoms with Crippen LogP contribution in [0.2, 0.25) is 5.02 Å². The Morgan fingerprint density at radius 2 is 2.37 bits per heavy atom. The van der Waals surface area contributed by atoms with Crippen molar-refractivity contribution in [2.24, 2.45) is 5.92 Å². The molecule has 3 rings (SSSR count). The molecule has 2 aliphatic heterocycles. The lowest BCUT2D eigenvalue weighted by Crippen LogP contribution is -2.47. The molecule has 3 atom stereocenters. The molecule has 2 fully saturated rings. The van der Waals surface area contributed by atoms with Crippen LogP contribution in [0, 0.1) is 11.7 Å². The zero-order chi connectivity index (χ0) is 13.4. The summed E-state index contributed by atoms with van der Waals surface area (Å²) in [4.78, 5) is 18.2. The van der Waals surface area contributed by atoms with Crippen LogP contribution in [0.1, 0.15) is 23.3 Å². The van der Waals surface area contributed by atoms with Crippen LogP contribution >= 0.6 is 11.6 Å². The van der Waals surface area contributed by atoms with Crippen LogP contribution < -0.4 is 5.32 Å². The van der Waals surface area contributed by atoms with Gasteiger partial charge < -0.3 is 10.2 Å². The minimum Gasteiger partial charge on any atom is -0.347 e. The second kappa shape index (κ2) is 5.06. The molecule has 6 heteroatoms. The Bertz CT molecular complexity index is 499. The van der Waals surface area contributed by atoms with Gasteiger partial charge in [-0.1, -0.05) is 11.6 Å². The van der Waals surface area contributed by atoms with E-state index < -0.39 is 5.82 Å². The molecule has 0 radical (unpaired) electrons. The van der Waals surface area contributed by atoms with Crippen LogP contribution in [0.3, 0.4) is 0 Å². The third-order valence-electron chi connectivity index (χ3n) is 3.84. The SMILES string of the molecule is O=C(NC1CC2CCN(C2)C1)c1cc(Cl)c(F)cn1. The van der Waals surface area contributed by atoms with E-state index in [4.69, 9.17) is 11.6 Å². The number of nitrogens with one attached hydrogen (secondary N) is 1. The van der Waals surface area contributed by atoms with E-state index in [0.29, 0.717) is 5.92 Å². The molecule has 0 aliphatic carbocycles. The van der Waals surface area contributed by atoms with Crippen molar-refractivity contribution in [3.8, 4) is 0 Å². The summed E-state index contributed by atoms with van der Waals surface area (Å²) in [6.07, 6.45) is 3.20. The lowest BCUT2D eigenvalue weighted by atomic mass is 9.97. The highest BCUT2D eigenvalue weighted by atomic mass is 35.5. The Morgan fingerprint density at radius 3 is 3.11 bits per heavy atom. The Morgan fingerprint density at radius 1 is 1.53 bits per heavy atom. The van der Waals surface area contributed by atoms with Crippen LogP contribution in [0.15, 0.2) is 12.3 Å². The van der Waals surface area contributed by atoms with E-state index in [2.05, 4.69) is 15.2 Å². The minimum absolute atomic E-state index is 0.0763. The topological polar surface area (TPSA) is 45.2 Å². The molecule has 1 N–H and O–H groups in total. The summed E-state index contributed by atoms with van der Waals surface area (Å²) in [6.45, 7) is 3.15. The van der Waals surface area contributed by atoms with Crippen LogP contribution in [0.25, 0.3) is 0 Å². The number of fused-ring (bicyclic) bond motifs is 2. The zero-order valence-electron chi connectivity index (χ0n) is 10.4. The number of piperidine rings is 1. The first-order valence-electron chi connectivity index (χ1n) is 6.46. The summed E-state index contributed by atoms with van der Waals surface area (Å²) in [5.74, 6) is -0.210. The number of nitrogens with zero attached hydrogens (tertiary/aromatic N) is 2. The maximum Gasteiger partial charge on any atom is 0.270 e. The first-order valence-corrected chi connectivity index (χ1v) is 6.84. The predicted octanol–water partition coefficient (Wildman–Crippen LogP) is 1.70. The highest BCUT2D eigenvalue weighted by molar-refractivity contribution is 6.31. The number of rotatable bonds is 2. The van der Waals surface area contributed by atoms with Gasteiger partial charge in [0.1, 0.15) is 5.69 Å². The summed E-state index contributed by atoms with van der Waals surface area (Å²) >= 11 is 5.65. The van der Waals surface area contributed by atoms with Gasteiger partial charge in [-0.15, -0.1) is 0 Å². The quantitative estimate of drug-likeness (QED) is 0.898. The zero-order valence-corrected chi connectivity index (χ0v) is 11.2. The van der Waals surface area contributed by atoms with Crippen molar-refractivity contribution in [1.29, 1.82) is 0 Å². The molecule has 2 bridgehead atoms. The molecule has 0 spiro atoms. The molecule has 1 aromatic rings. The van der Waals surface area contributed by atoms with Crippen molar-refractivity contribution >= 4 is 17.5 Å². The summed E-state index contributed by atoms with van der Waals surface area (Å²) in [7, 11) is 0. The molecular formula is C13H15ClFN3O.